The summed E-state index contributed by atoms with van der Waals surface area (Å²) in [6, 6.07) is 7.71. The molecule has 3 nitrogen and oxygen atoms in total. The van der Waals surface area contributed by atoms with Crippen LogP contribution in [0.1, 0.15) is 40.2 Å². The zero-order valence-corrected chi connectivity index (χ0v) is 15.3. The summed E-state index contributed by atoms with van der Waals surface area (Å²) in [5, 5.41) is 0. The van der Waals surface area contributed by atoms with E-state index in [0.29, 0.717) is 12.5 Å². The van der Waals surface area contributed by atoms with Gasteiger partial charge in [0.05, 0.1) is 6.61 Å². The highest BCUT2D eigenvalue weighted by Crippen LogP contribution is 2.36. The molecule has 0 N–H and O–H groups in total. The van der Waals surface area contributed by atoms with Crippen LogP contribution in [0.25, 0.3) is 0 Å². The van der Waals surface area contributed by atoms with Crippen LogP contribution < -0.4 is 4.74 Å². The van der Waals surface area contributed by atoms with Gasteiger partial charge in [-0.1, -0.05) is 52.0 Å². The third-order valence-electron chi connectivity index (χ3n) is 3.16. The molecule has 0 fully saturated rings. The first kappa shape index (κ1) is 19.9. The van der Waals surface area contributed by atoms with Crippen molar-refractivity contribution >= 4 is 5.78 Å². The zero-order chi connectivity index (χ0) is 17.9. The molecule has 2 aliphatic rings. The smallest absolute Gasteiger partial charge is 0.155 e. The molecule has 1 aromatic rings. The van der Waals surface area contributed by atoms with Gasteiger partial charge in [0.25, 0.3) is 0 Å². The van der Waals surface area contributed by atoms with E-state index in [4.69, 9.17) is 9.47 Å². The van der Waals surface area contributed by atoms with Crippen molar-refractivity contribution in [3.63, 3.8) is 0 Å². The number of ketones is 1. The standard InChI is InChI=1S/C17H16O3.2C2H6/c1-12(18)10-19-11-13-2-5-16(6-3-13)20-17-7-4-14-8-15(14)9-17;2*1-2/h2-9,14H,10-11H2,1H3;2*1-2H3. The van der Waals surface area contributed by atoms with E-state index in [-0.39, 0.29) is 12.4 Å². The Morgan fingerprint density at radius 2 is 1.75 bits per heavy atom. The first-order valence-corrected chi connectivity index (χ1v) is 8.66. The number of hydrogen-bond acceptors (Lipinski definition) is 3. The lowest BCUT2D eigenvalue weighted by Gasteiger charge is -2.09. The maximum atomic E-state index is 10.8. The largest absolute Gasteiger partial charge is 0.457 e. The number of carbonyl (C=O) groups excluding carboxylic acids is 1. The van der Waals surface area contributed by atoms with Gasteiger partial charge in [0.2, 0.25) is 0 Å². The van der Waals surface area contributed by atoms with Crippen LogP contribution in [-0.2, 0) is 16.1 Å². The number of fused-ring (bicyclic) bond motifs is 1. The Morgan fingerprint density at radius 1 is 1.08 bits per heavy atom. The highest BCUT2D eigenvalue weighted by atomic mass is 16.5. The molecule has 0 aliphatic heterocycles. The second kappa shape index (κ2) is 10.6. The molecule has 24 heavy (non-hydrogen) atoms. The van der Waals surface area contributed by atoms with Crippen LogP contribution >= 0.6 is 0 Å². The van der Waals surface area contributed by atoms with E-state index in [2.05, 4.69) is 18.2 Å². The molecule has 0 saturated carbocycles. The van der Waals surface area contributed by atoms with Crippen LogP contribution in [0.5, 0.6) is 5.75 Å². The monoisotopic (exact) mass is 328 g/mol. The number of hydrogen-bond donors (Lipinski definition) is 0. The normalized spacial score (nSPS) is 16.3. The quantitative estimate of drug-likeness (QED) is 0.717. The fraction of sp³-hybridized carbons (Fsp3) is 0.381. The van der Waals surface area contributed by atoms with Crippen molar-refractivity contribution in [2.24, 2.45) is 5.92 Å². The molecule has 0 saturated heterocycles. The summed E-state index contributed by atoms with van der Waals surface area (Å²) >= 11 is 0. The molecule has 2 aliphatic carbocycles. The summed E-state index contributed by atoms with van der Waals surface area (Å²) in [7, 11) is 0. The molecule has 0 amide bonds. The Kier molecular flexibility index (Phi) is 8.80. The van der Waals surface area contributed by atoms with Gasteiger partial charge in [0, 0.05) is 5.92 Å². The molecule has 0 aromatic heterocycles. The Morgan fingerprint density at radius 3 is 2.33 bits per heavy atom. The average molecular weight is 328 g/mol. The van der Waals surface area contributed by atoms with E-state index >= 15 is 0 Å². The van der Waals surface area contributed by atoms with Crippen molar-refractivity contribution < 1.29 is 14.3 Å². The Hall–Kier alpha value is -2.13. The molecule has 0 radical (unpaired) electrons. The highest BCUT2D eigenvalue weighted by Gasteiger charge is 2.23. The van der Waals surface area contributed by atoms with Gasteiger partial charge in [0.15, 0.2) is 5.78 Å². The number of carbonyl (C=O) groups is 1. The minimum Gasteiger partial charge on any atom is -0.457 e. The first-order chi connectivity index (χ1) is 11.7. The van der Waals surface area contributed by atoms with E-state index < -0.39 is 0 Å². The molecular weight excluding hydrogens is 300 g/mol. The summed E-state index contributed by atoms with van der Waals surface area (Å²) in [5.41, 5.74) is 2.36. The van der Waals surface area contributed by atoms with Crippen LogP contribution in [0.4, 0.5) is 0 Å². The van der Waals surface area contributed by atoms with Crippen LogP contribution in [0.15, 0.2) is 59.9 Å². The predicted octanol–water partition coefficient (Wildman–Crippen LogP) is 5.23. The van der Waals surface area contributed by atoms with Crippen molar-refractivity contribution in [1.82, 2.24) is 0 Å². The van der Waals surface area contributed by atoms with Gasteiger partial charge in [-0.2, -0.15) is 0 Å². The maximum absolute atomic E-state index is 10.8. The first-order valence-electron chi connectivity index (χ1n) is 8.66. The Balaban J connectivity index is 0.000000671. The van der Waals surface area contributed by atoms with Gasteiger partial charge in [-0.25, -0.2) is 0 Å². The van der Waals surface area contributed by atoms with Gasteiger partial charge in [-0.3, -0.25) is 4.79 Å². The second-order valence-corrected chi connectivity index (χ2v) is 5.04. The molecule has 0 spiro atoms. The van der Waals surface area contributed by atoms with E-state index in [1.54, 1.807) is 0 Å². The van der Waals surface area contributed by atoms with Gasteiger partial charge >= 0.3 is 0 Å². The Bertz CT molecular complexity index is 606. The maximum Gasteiger partial charge on any atom is 0.155 e. The predicted molar refractivity (Wildman–Crippen MR) is 98.9 cm³/mol. The van der Waals surface area contributed by atoms with E-state index in [1.165, 1.54) is 12.5 Å². The highest BCUT2D eigenvalue weighted by molar-refractivity contribution is 5.76. The zero-order valence-electron chi connectivity index (χ0n) is 15.3. The van der Waals surface area contributed by atoms with Gasteiger partial charge in [-0.15, -0.1) is 0 Å². The molecule has 1 unspecified atom stereocenters. The van der Waals surface area contributed by atoms with Crippen molar-refractivity contribution in [1.29, 1.82) is 0 Å². The van der Waals surface area contributed by atoms with Crippen LogP contribution in [0.3, 0.4) is 0 Å². The second-order valence-electron chi connectivity index (χ2n) is 5.04. The van der Waals surface area contributed by atoms with Crippen LogP contribution in [-0.4, -0.2) is 12.4 Å². The number of rotatable bonds is 6. The van der Waals surface area contributed by atoms with Gasteiger partial charge in [0.1, 0.15) is 18.1 Å². The topological polar surface area (TPSA) is 35.5 Å². The van der Waals surface area contributed by atoms with E-state index in [9.17, 15) is 4.79 Å². The summed E-state index contributed by atoms with van der Waals surface area (Å²) in [6.45, 7) is 10.1. The molecule has 0 heterocycles. The third kappa shape index (κ3) is 6.55. The summed E-state index contributed by atoms with van der Waals surface area (Å²) in [5.74, 6) is 2.25. The van der Waals surface area contributed by atoms with Crippen LogP contribution in [0.2, 0.25) is 0 Å². The summed E-state index contributed by atoms with van der Waals surface area (Å²) in [4.78, 5) is 10.8. The van der Waals surface area contributed by atoms with Gasteiger partial charge < -0.3 is 9.47 Å². The fourth-order valence-electron chi connectivity index (χ4n) is 2.05. The van der Waals surface area contributed by atoms with E-state index in [0.717, 1.165) is 17.1 Å². The molecule has 0 bridgehead atoms. The molecule has 3 heteroatoms. The van der Waals surface area contributed by atoms with Crippen molar-refractivity contribution in [2.75, 3.05) is 6.61 Å². The minimum atomic E-state index is 0.0358. The summed E-state index contributed by atoms with van der Waals surface area (Å²) < 4.78 is 11.1. The molecule has 3 rings (SSSR count). The summed E-state index contributed by atoms with van der Waals surface area (Å²) in [6.07, 6.45) is 8.40. The van der Waals surface area contributed by atoms with Crippen molar-refractivity contribution in [2.45, 2.75) is 41.2 Å². The number of ether oxygens (including phenoxy) is 2. The third-order valence-corrected chi connectivity index (χ3v) is 3.16. The van der Waals surface area contributed by atoms with Gasteiger partial charge in [-0.05, 0) is 42.3 Å². The average Bonchev–Trinajstić information content (AvgIpc) is 3.38. The lowest BCUT2D eigenvalue weighted by molar-refractivity contribution is -0.121. The number of Topliss-reactive ketones (excluding diaryl/α,β-unsaturated/α-hetero) is 1. The minimum absolute atomic E-state index is 0.0358. The molecule has 130 valence electrons. The molecular formula is C21H28O3. The van der Waals surface area contributed by atoms with Crippen molar-refractivity contribution in [3.05, 3.63) is 65.5 Å². The lowest BCUT2D eigenvalue weighted by Crippen LogP contribution is -2.03. The molecule has 1 atom stereocenters. The lowest BCUT2D eigenvalue weighted by atomic mass is 10.1. The fourth-order valence-corrected chi connectivity index (χ4v) is 2.05. The molecule has 1 aromatic carbocycles. The van der Waals surface area contributed by atoms with E-state index in [1.807, 2.05) is 58.0 Å². The number of benzene rings is 1. The van der Waals surface area contributed by atoms with Crippen LogP contribution in [0, 0.1) is 5.92 Å². The SMILES string of the molecule is CC.CC.CC(=O)COCc1ccc(OC2=CC3=CC3C=C2)cc1. The van der Waals surface area contributed by atoms with Crippen molar-refractivity contribution in [3.8, 4) is 5.75 Å². The number of allylic oxidation sites excluding steroid dienone is 5. The Labute approximate surface area is 145 Å².